The molecule has 130 valence electrons. The number of hydrogen-bond acceptors (Lipinski definition) is 5. The van der Waals surface area contributed by atoms with Crippen LogP contribution in [0.5, 0.6) is 0 Å². The monoisotopic (exact) mass is 371 g/mol. The Morgan fingerprint density at radius 3 is 2.72 bits per heavy atom. The molecule has 1 N–H and O–H groups in total. The molecule has 4 nitrogen and oxygen atoms in total. The van der Waals surface area contributed by atoms with E-state index in [1.54, 1.807) is 11.3 Å². The summed E-state index contributed by atoms with van der Waals surface area (Å²) in [5, 5.41) is 14.2. The average molecular weight is 372 g/mol. The molecule has 1 aromatic carbocycles. The van der Waals surface area contributed by atoms with Gasteiger partial charge in [-0.25, -0.2) is 4.98 Å². The summed E-state index contributed by atoms with van der Waals surface area (Å²) in [7, 11) is 0. The van der Waals surface area contributed by atoms with Crippen molar-refractivity contribution >= 4 is 29.0 Å². The number of rotatable bonds is 5. The van der Waals surface area contributed by atoms with E-state index in [4.69, 9.17) is 0 Å². The first-order valence-corrected chi connectivity index (χ1v) is 10.3. The SMILES string of the molecule is CC(Sc1nc(-c2ccccc2)cs1)C(=O)NC1(C#N)CCCCC1. The van der Waals surface area contributed by atoms with Crippen LogP contribution in [0.25, 0.3) is 11.3 Å². The van der Waals surface area contributed by atoms with Gasteiger partial charge in [-0.05, 0) is 19.8 Å². The molecule has 3 rings (SSSR count). The minimum Gasteiger partial charge on any atom is -0.337 e. The second-order valence-electron chi connectivity index (χ2n) is 6.37. The van der Waals surface area contributed by atoms with Crippen LogP contribution < -0.4 is 5.32 Å². The summed E-state index contributed by atoms with van der Waals surface area (Å²) >= 11 is 3.00. The number of benzene rings is 1. The lowest BCUT2D eigenvalue weighted by molar-refractivity contribution is -0.121. The van der Waals surface area contributed by atoms with Crippen LogP contribution in [0.2, 0.25) is 0 Å². The van der Waals surface area contributed by atoms with Gasteiger partial charge < -0.3 is 5.32 Å². The number of hydrogen-bond donors (Lipinski definition) is 1. The maximum Gasteiger partial charge on any atom is 0.234 e. The second-order valence-corrected chi connectivity index (χ2v) is 8.81. The molecule has 1 saturated carbocycles. The molecule has 1 aliphatic rings. The molecule has 1 aliphatic carbocycles. The molecule has 2 aromatic rings. The van der Waals surface area contributed by atoms with E-state index in [-0.39, 0.29) is 11.2 Å². The van der Waals surface area contributed by atoms with Gasteiger partial charge in [-0.3, -0.25) is 4.79 Å². The van der Waals surface area contributed by atoms with Gasteiger partial charge in [0.05, 0.1) is 17.0 Å². The van der Waals surface area contributed by atoms with Gasteiger partial charge in [0.2, 0.25) is 5.91 Å². The number of nitriles is 1. The van der Waals surface area contributed by atoms with Gasteiger partial charge in [0.25, 0.3) is 0 Å². The zero-order valence-corrected chi connectivity index (χ0v) is 15.8. The largest absolute Gasteiger partial charge is 0.337 e. The van der Waals surface area contributed by atoms with E-state index in [1.165, 1.54) is 11.8 Å². The molecule has 1 aromatic heterocycles. The topological polar surface area (TPSA) is 65.8 Å². The molecule has 0 spiro atoms. The van der Waals surface area contributed by atoms with Crippen molar-refractivity contribution in [3.05, 3.63) is 35.7 Å². The summed E-state index contributed by atoms with van der Waals surface area (Å²) in [5.41, 5.74) is 1.33. The van der Waals surface area contributed by atoms with Gasteiger partial charge in [0.1, 0.15) is 5.54 Å². The first kappa shape index (κ1) is 18.0. The van der Waals surface area contributed by atoms with E-state index in [1.807, 2.05) is 42.6 Å². The Bertz CT molecular complexity index is 760. The van der Waals surface area contributed by atoms with E-state index in [2.05, 4.69) is 16.4 Å². The number of carbonyl (C=O) groups is 1. The molecule has 1 fully saturated rings. The van der Waals surface area contributed by atoms with Crippen LogP contribution in [0.1, 0.15) is 39.0 Å². The van der Waals surface area contributed by atoms with Crippen molar-refractivity contribution in [2.24, 2.45) is 0 Å². The normalized spacial score (nSPS) is 17.4. The van der Waals surface area contributed by atoms with Crippen molar-refractivity contribution in [1.29, 1.82) is 5.26 Å². The van der Waals surface area contributed by atoms with Gasteiger partial charge in [-0.1, -0.05) is 61.4 Å². The number of amides is 1. The molecule has 1 amide bonds. The summed E-state index contributed by atoms with van der Waals surface area (Å²) in [6, 6.07) is 12.4. The maximum atomic E-state index is 12.6. The van der Waals surface area contributed by atoms with E-state index < -0.39 is 5.54 Å². The highest BCUT2D eigenvalue weighted by atomic mass is 32.2. The van der Waals surface area contributed by atoms with Crippen molar-refractivity contribution in [3.8, 4) is 17.3 Å². The lowest BCUT2D eigenvalue weighted by atomic mass is 9.83. The molecule has 0 radical (unpaired) electrons. The number of nitrogens with one attached hydrogen (secondary N) is 1. The van der Waals surface area contributed by atoms with Crippen molar-refractivity contribution in [1.82, 2.24) is 10.3 Å². The molecule has 1 unspecified atom stereocenters. The third kappa shape index (κ3) is 4.42. The fourth-order valence-electron chi connectivity index (χ4n) is 3.02. The summed E-state index contributed by atoms with van der Waals surface area (Å²) in [6.45, 7) is 1.87. The third-order valence-electron chi connectivity index (χ3n) is 4.48. The molecule has 1 heterocycles. The Labute approximate surface area is 156 Å². The Balaban J connectivity index is 1.62. The van der Waals surface area contributed by atoms with Gasteiger partial charge in [0, 0.05) is 10.9 Å². The van der Waals surface area contributed by atoms with Crippen LogP contribution in [0.15, 0.2) is 40.1 Å². The van der Waals surface area contributed by atoms with Crippen molar-refractivity contribution in [3.63, 3.8) is 0 Å². The number of thioether (sulfide) groups is 1. The zero-order chi connectivity index (χ0) is 17.7. The van der Waals surface area contributed by atoms with Crippen LogP contribution in [0.4, 0.5) is 0 Å². The highest BCUT2D eigenvalue weighted by Gasteiger charge is 2.35. The Morgan fingerprint density at radius 2 is 2.04 bits per heavy atom. The predicted molar refractivity (Wildman–Crippen MR) is 102 cm³/mol. The van der Waals surface area contributed by atoms with Gasteiger partial charge in [-0.2, -0.15) is 5.26 Å². The average Bonchev–Trinajstić information content (AvgIpc) is 3.11. The first-order chi connectivity index (χ1) is 12.1. The Morgan fingerprint density at radius 1 is 1.32 bits per heavy atom. The fraction of sp³-hybridized carbons (Fsp3) is 0.421. The van der Waals surface area contributed by atoms with Crippen molar-refractivity contribution in [2.75, 3.05) is 0 Å². The highest BCUT2D eigenvalue weighted by molar-refractivity contribution is 8.02. The molecule has 1 atom stereocenters. The fourth-order valence-corrected chi connectivity index (χ4v) is 4.99. The zero-order valence-electron chi connectivity index (χ0n) is 14.2. The minimum absolute atomic E-state index is 0.0788. The van der Waals surface area contributed by atoms with Crippen LogP contribution in [-0.4, -0.2) is 21.7 Å². The third-order valence-corrected chi connectivity index (χ3v) is 6.56. The number of aromatic nitrogens is 1. The van der Waals surface area contributed by atoms with Crippen LogP contribution in [-0.2, 0) is 4.79 Å². The molecular formula is C19H21N3OS2. The van der Waals surface area contributed by atoms with Crippen LogP contribution >= 0.6 is 23.1 Å². The van der Waals surface area contributed by atoms with E-state index in [0.717, 1.165) is 47.7 Å². The van der Waals surface area contributed by atoms with Gasteiger partial charge >= 0.3 is 0 Å². The molecule has 0 bridgehead atoms. The summed E-state index contributed by atoms with van der Waals surface area (Å²) in [5.74, 6) is -0.0788. The number of carbonyl (C=O) groups excluding carboxylic acids is 1. The Hall–Kier alpha value is -1.84. The second kappa shape index (κ2) is 8.03. The van der Waals surface area contributed by atoms with Crippen molar-refractivity contribution in [2.45, 2.75) is 54.2 Å². The predicted octanol–water partition coefficient (Wildman–Crippen LogP) is 4.63. The quantitative estimate of drug-likeness (QED) is 0.778. The van der Waals surface area contributed by atoms with Crippen LogP contribution in [0, 0.1) is 11.3 Å². The summed E-state index contributed by atoms with van der Waals surface area (Å²) in [4.78, 5) is 17.2. The van der Waals surface area contributed by atoms with Gasteiger partial charge in [0.15, 0.2) is 4.34 Å². The minimum atomic E-state index is -0.678. The molecule has 6 heteroatoms. The number of thiazole rings is 1. The molecule has 0 saturated heterocycles. The van der Waals surface area contributed by atoms with Crippen LogP contribution in [0.3, 0.4) is 0 Å². The summed E-state index contributed by atoms with van der Waals surface area (Å²) < 4.78 is 0.871. The maximum absolute atomic E-state index is 12.6. The molecular weight excluding hydrogens is 350 g/mol. The van der Waals surface area contributed by atoms with E-state index >= 15 is 0 Å². The van der Waals surface area contributed by atoms with Crippen molar-refractivity contribution < 1.29 is 4.79 Å². The van der Waals surface area contributed by atoms with Gasteiger partial charge in [-0.15, -0.1) is 11.3 Å². The smallest absolute Gasteiger partial charge is 0.234 e. The van der Waals surface area contributed by atoms with E-state index in [0.29, 0.717) is 0 Å². The van der Waals surface area contributed by atoms with E-state index in [9.17, 15) is 10.1 Å². The molecule has 0 aliphatic heterocycles. The highest BCUT2D eigenvalue weighted by Crippen LogP contribution is 2.32. The Kier molecular flexibility index (Phi) is 5.77. The summed E-state index contributed by atoms with van der Waals surface area (Å²) in [6.07, 6.45) is 4.65. The number of nitrogens with zero attached hydrogens (tertiary/aromatic N) is 2. The lowest BCUT2D eigenvalue weighted by Crippen LogP contribution is -2.50. The standard InChI is InChI=1S/C19H21N3OS2/c1-14(17(23)22-19(13-20)10-6-3-7-11-19)25-18-21-16(12-24-18)15-8-4-2-5-9-15/h2,4-5,8-9,12,14H,3,6-7,10-11H2,1H3,(H,22,23). The lowest BCUT2D eigenvalue weighted by Gasteiger charge is -2.32. The first-order valence-electron chi connectivity index (χ1n) is 8.53. The molecule has 25 heavy (non-hydrogen) atoms.